The number of carbonyl (C=O) groups is 1. The van der Waals surface area contributed by atoms with Crippen LogP contribution in [0, 0.1) is 6.92 Å². The third-order valence-electron chi connectivity index (χ3n) is 3.31. The maximum Gasteiger partial charge on any atom is 0.257 e. The summed E-state index contributed by atoms with van der Waals surface area (Å²) in [6.45, 7) is 3.76. The fourth-order valence-electron chi connectivity index (χ4n) is 2.16. The van der Waals surface area contributed by atoms with Crippen molar-refractivity contribution in [3.05, 3.63) is 59.9 Å². The Kier molecular flexibility index (Phi) is 4.02. The number of benzene rings is 1. The number of hydrogen-bond acceptors (Lipinski definition) is 4. The first-order valence-electron chi connectivity index (χ1n) is 6.97. The molecule has 0 spiro atoms. The average Bonchev–Trinajstić information content (AvgIpc) is 3.20. The normalized spacial score (nSPS) is 12.1. The Morgan fingerprint density at radius 3 is 2.64 bits per heavy atom. The summed E-state index contributed by atoms with van der Waals surface area (Å²) in [7, 11) is 0. The highest BCUT2D eigenvalue weighted by Gasteiger charge is 2.26. The van der Waals surface area contributed by atoms with Gasteiger partial charge in [0.15, 0.2) is 5.13 Å². The monoisotopic (exact) mass is 312 g/mol. The number of anilines is 2. The molecule has 0 N–H and O–H groups in total. The predicted octanol–water partition coefficient (Wildman–Crippen LogP) is 3.57. The highest BCUT2D eigenvalue weighted by atomic mass is 32.1. The first-order chi connectivity index (χ1) is 10.7. The van der Waals surface area contributed by atoms with Gasteiger partial charge >= 0.3 is 0 Å². The van der Waals surface area contributed by atoms with Gasteiger partial charge in [-0.2, -0.15) is 5.10 Å². The first-order valence-corrected chi connectivity index (χ1v) is 7.85. The van der Waals surface area contributed by atoms with E-state index in [2.05, 4.69) is 10.1 Å². The second kappa shape index (κ2) is 6.11. The van der Waals surface area contributed by atoms with Crippen molar-refractivity contribution < 1.29 is 4.79 Å². The van der Waals surface area contributed by atoms with Crippen LogP contribution in [0.15, 0.2) is 54.2 Å². The number of nitrogens with zero attached hydrogens (tertiary/aromatic N) is 4. The van der Waals surface area contributed by atoms with Gasteiger partial charge in [0.1, 0.15) is 6.04 Å². The Hall–Kier alpha value is -2.47. The molecule has 0 bridgehead atoms. The molecule has 0 saturated heterocycles. The molecule has 2 aromatic heterocycles. The van der Waals surface area contributed by atoms with Crippen molar-refractivity contribution in [1.82, 2.24) is 14.8 Å². The zero-order chi connectivity index (χ0) is 15.5. The summed E-state index contributed by atoms with van der Waals surface area (Å²) in [5.74, 6) is -0.0655. The van der Waals surface area contributed by atoms with Crippen LogP contribution in [-0.4, -0.2) is 20.7 Å². The molecule has 0 saturated carbocycles. The number of aromatic nitrogens is 3. The predicted molar refractivity (Wildman–Crippen MR) is 87.4 cm³/mol. The molecule has 2 heterocycles. The van der Waals surface area contributed by atoms with E-state index in [-0.39, 0.29) is 5.91 Å². The molecule has 0 radical (unpaired) electrons. The highest BCUT2D eigenvalue weighted by Crippen LogP contribution is 2.30. The molecular formula is C16H16N4OS. The van der Waals surface area contributed by atoms with Crippen LogP contribution in [-0.2, 0) is 4.79 Å². The molecular weight excluding hydrogens is 296 g/mol. The maximum absolute atomic E-state index is 13.0. The van der Waals surface area contributed by atoms with E-state index in [9.17, 15) is 4.79 Å². The number of amides is 1. The van der Waals surface area contributed by atoms with Crippen molar-refractivity contribution in [2.75, 3.05) is 4.90 Å². The van der Waals surface area contributed by atoms with Crippen molar-refractivity contribution in [3.63, 3.8) is 0 Å². The molecule has 6 heteroatoms. The maximum atomic E-state index is 13.0. The molecule has 3 aromatic rings. The van der Waals surface area contributed by atoms with E-state index in [4.69, 9.17) is 0 Å². The summed E-state index contributed by atoms with van der Waals surface area (Å²) in [6, 6.07) is 11.0. The number of aryl methyl sites for hydroxylation is 1. The summed E-state index contributed by atoms with van der Waals surface area (Å²) >= 11 is 1.46. The lowest BCUT2D eigenvalue weighted by atomic mass is 10.2. The van der Waals surface area contributed by atoms with Crippen LogP contribution in [0.25, 0.3) is 0 Å². The third-order valence-corrected chi connectivity index (χ3v) is 4.26. The minimum absolute atomic E-state index is 0.0655. The molecule has 1 amide bonds. The average molecular weight is 312 g/mol. The third kappa shape index (κ3) is 2.78. The molecule has 5 nitrogen and oxygen atoms in total. The van der Waals surface area contributed by atoms with E-state index >= 15 is 0 Å². The summed E-state index contributed by atoms with van der Waals surface area (Å²) < 4.78 is 1.65. The fourth-order valence-corrected chi connectivity index (χ4v) is 2.99. The molecule has 0 aliphatic heterocycles. The van der Waals surface area contributed by atoms with Gasteiger partial charge in [-0.15, -0.1) is 11.3 Å². The van der Waals surface area contributed by atoms with Crippen molar-refractivity contribution in [2.45, 2.75) is 19.9 Å². The summed E-state index contributed by atoms with van der Waals surface area (Å²) in [5, 5.41) is 6.78. The van der Waals surface area contributed by atoms with E-state index < -0.39 is 6.04 Å². The van der Waals surface area contributed by atoms with Gasteiger partial charge in [-0.05, 0) is 32.0 Å². The van der Waals surface area contributed by atoms with Gasteiger partial charge < -0.3 is 0 Å². The zero-order valence-electron chi connectivity index (χ0n) is 12.4. The van der Waals surface area contributed by atoms with Gasteiger partial charge in [-0.3, -0.25) is 14.4 Å². The Morgan fingerprint density at radius 1 is 1.27 bits per heavy atom. The van der Waals surface area contributed by atoms with Crippen molar-refractivity contribution in [1.29, 1.82) is 0 Å². The minimum atomic E-state index is -0.403. The number of hydrogen-bond donors (Lipinski definition) is 0. The second-order valence-electron chi connectivity index (χ2n) is 4.94. The van der Waals surface area contributed by atoms with Crippen LogP contribution in [0.4, 0.5) is 10.8 Å². The molecule has 0 fully saturated rings. The quantitative estimate of drug-likeness (QED) is 0.740. The molecule has 3 rings (SSSR count). The smallest absolute Gasteiger partial charge is 0.257 e. The molecule has 1 unspecified atom stereocenters. The number of para-hydroxylation sites is 1. The molecule has 0 aliphatic carbocycles. The molecule has 1 aromatic carbocycles. The fraction of sp³-hybridized carbons (Fsp3) is 0.188. The van der Waals surface area contributed by atoms with Gasteiger partial charge in [0.2, 0.25) is 0 Å². The molecule has 22 heavy (non-hydrogen) atoms. The van der Waals surface area contributed by atoms with Gasteiger partial charge in [0.05, 0.1) is 11.4 Å². The van der Waals surface area contributed by atoms with Crippen molar-refractivity contribution in [2.24, 2.45) is 0 Å². The Balaban J connectivity index is 2.00. The number of thiazole rings is 1. The number of rotatable bonds is 4. The van der Waals surface area contributed by atoms with E-state index in [1.54, 1.807) is 22.0 Å². The summed E-state index contributed by atoms with van der Waals surface area (Å²) in [6.07, 6.45) is 3.46. The van der Waals surface area contributed by atoms with Gasteiger partial charge in [-0.1, -0.05) is 18.2 Å². The zero-order valence-corrected chi connectivity index (χ0v) is 13.2. The molecule has 0 aliphatic rings. The van der Waals surface area contributed by atoms with Gasteiger partial charge in [0, 0.05) is 17.8 Å². The van der Waals surface area contributed by atoms with Crippen LogP contribution < -0.4 is 4.90 Å². The van der Waals surface area contributed by atoms with Gasteiger partial charge in [0.25, 0.3) is 5.91 Å². The van der Waals surface area contributed by atoms with Crippen LogP contribution >= 0.6 is 11.3 Å². The standard InChI is InChI=1S/C16H16N4OS/c1-12-11-22-16(18-12)20(14-7-4-3-5-8-14)15(21)13(2)19-10-6-9-17-19/h3-11,13H,1-2H3. The topological polar surface area (TPSA) is 51.0 Å². The van der Waals surface area contributed by atoms with Crippen LogP contribution in [0.1, 0.15) is 18.7 Å². The summed E-state index contributed by atoms with van der Waals surface area (Å²) in [5.41, 5.74) is 1.71. The Labute approximate surface area is 132 Å². The van der Waals surface area contributed by atoms with Gasteiger partial charge in [-0.25, -0.2) is 4.98 Å². The SMILES string of the molecule is Cc1csc(N(C(=O)C(C)n2cccn2)c2ccccc2)n1. The van der Waals surface area contributed by atoms with E-state index in [1.165, 1.54) is 11.3 Å². The van der Waals surface area contributed by atoms with E-state index in [0.29, 0.717) is 5.13 Å². The first kappa shape index (κ1) is 14.5. The van der Waals surface area contributed by atoms with E-state index in [0.717, 1.165) is 11.4 Å². The molecule has 112 valence electrons. The van der Waals surface area contributed by atoms with Crippen molar-refractivity contribution >= 4 is 28.1 Å². The Bertz CT molecular complexity index is 752. The molecule has 1 atom stereocenters. The second-order valence-corrected chi connectivity index (χ2v) is 5.78. The highest BCUT2D eigenvalue weighted by molar-refractivity contribution is 7.14. The largest absolute Gasteiger partial charge is 0.272 e. The van der Waals surface area contributed by atoms with Crippen LogP contribution in [0.5, 0.6) is 0 Å². The minimum Gasteiger partial charge on any atom is -0.272 e. The lowest BCUT2D eigenvalue weighted by Gasteiger charge is -2.23. The van der Waals surface area contributed by atoms with Crippen LogP contribution in [0.3, 0.4) is 0 Å². The van der Waals surface area contributed by atoms with Crippen molar-refractivity contribution in [3.8, 4) is 0 Å². The summed E-state index contributed by atoms with van der Waals surface area (Å²) in [4.78, 5) is 19.1. The lowest BCUT2D eigenvalue weighted by molar-refractivity contribution is -0.120. The Morgan fingerprint density at radius 2 is 2.05 bits per heavy atom. The van der Waals surface area contributed by atoms with Crippen LogP contribution in [0.2, 0.25) is 0 Å². The number of carbonyl (C=O) groups excluding carboxylic acids is 1. The lowest BCUT2D eigenvalue weighted by Crippen LogP contribution is -2.33. The van der Waals surface area contributed by atoms with E-state index in [1.807, 2.05) is 55.6 Å².